The van der Waals surface area contributed by atoms with E-state index in [9.17, 15) is 5.26 Å². The molecule has 132 valence electrons. The Balaban J connectivity index is 2.08. The van der Waals surface area contributed by atoms with Crippen LogP contribution in [0.1, 0.15) is 25.2 Å². The number of nitriles is 1. The number of benzene rings is 2. The molecule has 0 unspecified atom stereocenters. The molecule has 0 saturated carbocycles. The highest BCUT2D eigenvalue weighted by Crippen LogP contribution is 2.30. The minimum absolute atomic E-state index is 0.509. The molecule has 1 aromatic heterocycles. The van der Waals surface area contributed by atoms with Crippen LogP contribution in [-0.4, -0.2) is 23.3 Å². The molecule has 0 aliphatic rings. The number of nitrogens with zero attached hydrogens (tertiary/aromatic N) is 3. The number of aryl methyl sites for hydroxylation is 1. The summed E-state index contributed by atoms with van der Waals surface area (Å²) < 4.78 is 13.0. The Morgan fingerprint density at radius 3 is 2.69 bits per heavy atom. The summed E-state index contributed by atoms with van der Waals surface area (Å²) in [4.78, 5) is 4.66. The largest absolute Gasteiger partial charge is 0.493 e. The maximum Gasteiger partial charge on any atom is 0.161 e. The minimum Gasteiger partial charge on any atom is -0.493 e. The number of hydrogen-bond acceptors (Lipinski definition) is 4. The Morgan fingerprint density at radius 2 is 2.00 bits per heavy atom. The summed E-state index contributed by atoms with van der Waals surface area (Å²) >= 11 is 0. The highest BCUT2D eigenvalue weighted by molar-refractivity contribution is 5.91. The number of fused-ring (bicyclic) bond motifs is 1. The molecular formula is C21H21N3O2. The van der Waals surface area contributed by atoms with Crippen LogP contribution < -0.4 is 9.47 Å². The highest BCUT2D eigenvalue weighted by atomic mass is 16.5. The second kappa shape index (κ2) is 7.75. The van der Waals surface area contributed by atoms with Gasteiger partial charge in [0.05, 0.1) is 30.3 Å². The van der Waals surface area contributed by atoms with Crippen LogP contribution in [-0.2, 0) is 6.54 Å². The summed E-state index contributed by atoms with van der Waals surface area (Å²) in [5.41, 5.74) is 3.27. The van der Waals surface area contributed by atoms with Crippen molar-refractivity contribution < 1.29 is 9.47 Å². The Hall–Kier alpha value is -3.26. The zero-order chi connectivity index (χ0) is 18.5. The molecule has 0 saturated heterocycles. The zero-order valence-corrected chi connectivity index (χ0v) is 15.2. The van der Waals surface area contributed by atoms with E-state index in [0.717, 1.165) is 23.1 Å². The van der Waals surface area contributed by atoms with E-state index in [0.29, 0.717) is 29.5 Å². The van der Waals surface area contributed by atoms with Crippen LogP contribution in [0.2, 0.25) is 0 Å². The first-order chi connectivity index (χ1) is 12.7. The molecule has 3 aromatic rings. The predicted octanol–water partition coefficient (Wildman–Crippen LogP) is 4.53. The Bertz CT molecular complexity index is 996. The molecule has 0 aliphatic carbocycles. The standard InChI is InChI=1S/C21H21N3O2/c1-4-24-18-9-7-6-8-17(18)23-21(24)16(14-22)12-15-10-11-19(26-5-2)20(13-15)25-3/h6-13H,4-5H2,1-3H3/b16-12-. The van der Waals surface area contributed by atoms with Crippen LogP contribution in [0.5, 0.6) is 11.5 Å². The molecular weight excluding hydrogens is 326 g/mol. The number of rotatable bonds is 6. The van der Waals surface area contributed by atoms with Crippen LogP contribution in [0.25, 0.3) is 22.7 Å². The molecule has 26 heavy (non-hydrogen) atoms. The van der Waals surface area contributed by atoms with Crippen LogP contribution >= 0.6 is 0 Å². The van der Waals surface area contributed by atoms with E-state index in [2.05, 4.69) is 15.6 Å². The Kier molecular flexibility index (Phi) is 5.23. The Labute approximate surface area is 153 Å². The number of ether oxygens (including phenoxy) is 2. The van der Waals surface area contributed by atoms with Crippen LogP contribution in [0.15, 0.2) is 42.5 Å². The number of para-hydroxylation sites is 2. The fraction of sp³-hybridized carbons (Fsp3) is 0.238. The van der Waals surface area contributed by atoms with Gasteiger partial charge >= 0.3 is 0 Å². The number of hydrogen-bond donors (Lipinski definition) is 0. The van der Waals surface area contributed by atoms with Gasteiger partial charge in [0.15, 0.2) is 17.3 Å². The molecule has 0 radical (unpaired) electrons. The maximum absolute atomic E-state index is 9.72. The van der Waals surface area contributed by atoms with Gasteiger partial charge in [-0.05, 0) is 49.8 Å². The van der Waals surface area contributed by atoms with E-state index >= 15 is 0 Å². The molecule has 0 aliphatic heterocycles. The Morgan fingerprint density at radius 1 is 1.19 bits per heavy atom. The lowest BCUT2D eigenvalue weighted by atomic mass is 10.1. The maximum atomic E-state index is 9.72. The summed E-state index contributed by atoms with van der Waals surface area (Å²) in [5.74, 6) is 2.00. The summed E-state index contributed by atoms with van der Waals surface area (Å²) in [6.45, 7) is 5.28. The van der Waals surface area contributed by atoms with Crippen molar-refractivity contribution in [2.45, 2.75) is 20.4 Å². The lowest BCUT2D eigenvalue weighted by Crippen LogP contribution is -2.00. The third kappa shape index (κ3) is 3.27. The van der Waals surface area contributed by atoms with Gasteiger partial charge in [-0.3, -0.25) is 0 Å². The number of imidazole rings is 1. The van der Waals surface area contributed by atoms with E-state index in [4.69, 9.17) is 9.47 Å². The van der Waals surface area contributed by atoms with Gasteiger partial charge in [-0.25, -0.2) is 4.98 Å². The summed E-state index contributed by atoms with van der Waals surface area (Å²) in [7, 11) is 1.60. The minimum atomic E-state index is 0.509. The van der Waals surface area contributed by atoms with Gasteiger partial charge < -0.3 is 14.0 Å². The molecule has 0 fully saturated rings. The van der Waals surface area contributed by atoms with Gasteiger partial charge in [0.2, 0.25) is 0 Å². The first kappa shape index (κ1) is 17.6. The van der Waals surface area contributed by atoms with E-state index in [-0.39, 0.29) is 0 Å². The lowest BCUT2D eigenvalue weighted by molar-refractivity contribution is 0.311. The van der Waals surface area contributed by atoms with Crippen molar-refractivity contribution >= 4 is 22.7 Å². The quantitative estimate of drug-likeness (QED) is 0.615. The lowest BCUT2D eigenvalue weighted by Gasteiger charge is -2.10. The van der Waals surface area contributed by atoms with Gasteiger partial charge in [-0.2, -0.15) is 5.26 Å². The first-order valence-corrected chi connectivity index (χ1v) is 8.60. The zero-order valence-electron chi connectivity index (χ0n) is 15.2. The summed E-state index contributed by atoms with van der Waals surface area (Å²) in [6, 6.07) is 15.8. The molecule has 0 N–H and O–H groups in total. The number of aromatic nitrogens is 2. The molecule has 5 heteroatoms. The average Bonchev–Trinajstić information content (AvgIpc) is 3.05. The van der Waals surface area contributed by atoms with Crippen molar-refractivity contribution in [3.05, 3.63) is 53.9 Å². The molecule has 0 amide bonds. The van der Waals surface area contributed by atoms with E-state index in [1.807, 2.05) is 62.4 Å². The second-order valence-corrected chi connectivity index (χ2v) is 5.68. The summed E-state index contributed by atoms with van der Waals surface area (Å²) in [5, 5.41) is 9.72. The molecule has 0 bridgehead atoms. The topological polar surface area (TPSA) is 60.1 Å². The fourth-order valence-corrected chi connectivity index (χ4v) is 2.96. The SMILES string of the molecule is CCOc1ccc(/C=C(/C#N)c2nc3ccccc3n2CC)cc1OC. The molecule has 0 atom stereocenters. The van der Waals surface area contributed by atoms with Crippen molar-refractivity contribution in [1.29, 1.82) is 5.26 Å². The van der Waals surface area contributed by atoms with Crippen molar-refractivity contribution in [2.75, 3.05) is 13.7 Å². The van der Waals surface area contributed by atoms with Crippen molar-refractivity contribution in [2.24, 2.45) is 0 Å². The number of methoxy groups -OCH3 is 1. The molecule has 3 rings (SSSR count). The number of allylic oxidation sites excluding steroid dienone is 1. The third-order valence-corrected chi connectivity index (χ3v) is 4.13. The average molecular weight is 347 g/mol. The smallest absolute Gasteiger partial charge is 0.161 e. The molecule has 2 aromatic carbocycles. The molecule has 5 nitrogen and oxygen atoms in total. The summed E-state index contributed by atoms with van der Waals surface area (Å²) in [6.07, 6.45) is 1.83. The van der Waals surface area contributed by atoms with Gasteiger partial charge in [0.1, 0.15) is 6.07 Å². The van der Waals surface area contributed by atoms with Gasteiger partial charge in [0, 0.05) is 6.54 Å². The van der Waals surface area contributed by atoms with Gasteiger partial charge in [-0.15, -0.1) is 0 Å². The molecule has 0 spiro atoms. The molecule has 1 heterocycles. The normalized spacial score (nSPS) is 11.4. The van der Waals surface area contributed by atoms with E-state index in [1.165, 1.54) is 0 Å². The monoisotopic (exact) mass is 347 g/mol. The predicted molar refractivity (Wildman–Crippen MR) is 103 cm³/mol. The van der Waals surface area contributed by atoms with Crippen molar-refractivity contribution in [3.8, 4) is 17.6 Å². The fourth-order valence-electron chi connectivity index (χ4n) is 2.96. The third-order valence-electron chi connectivity index (χ3n) is 4.13. The first-order valence-electron chi connectivity index (χ1n) is 8.60. The van der Waals surface area contributed by atoms with Crippen LogP contribution in [0.3, 0.4) is 0 Å². The van der Waals surface area contributed by atoms with Crippen LogP contribution in [0.4, 0.5) is 0 Å². The van der Waals surface area contributed by atoms with E-state index in [1.54, 1.807) is 7.11 Å². The van der Waals surface area contributed by atoms with Crippen LogP contribution in [0, 0.1) is 11.3 Å². The van der Waals surface area contributed by atoms with Crippen molar-refractivity contribution in [1.82, 2.24) is 9.55 Å². The van der Waals surface area contributed by atoms with Gasteiger partial charge in [0.25, 0.3) is 0 Å². The van der Waals surface area contributed by atoms with E-state index < -0.39 is 0 Å². The van der Waals surface area contributed by atoms with Gasteiger partial charge in [-0.1, -0.05) is 18.2 Å². The highest BCUT2D eigenvalue weighted by Gasteiger charge is 2.14. The second-order valence-electron chi connectivity index (χ2n) is 5.68. The van der Waals surface area contributed by atoms with Crippen molar-refractivity contribution in [3.63, 3.8) is 0 Å².